The van der Waals surface area contributed by atoms with Gasteiger partial charge in [-0.3, -0.25) is 0 Å². The first kappa shape index (κ1) is 12.1. The lowest BCUT2D eigenvalue weighted by Crippen LogP contribution is -2.30. The van der Waals surface area contributed by atoms with Gasteiger partial charge >= 0.3 is 0 Å². The summed E-state index contributed by atoms with van der Waals surface area (Å²) in [4.78, 5) is 2.27. The van der Waals surface area contributed by atoms with Gasteiger partial charge in [-0.25, -0.2) is 0 Å². The Morgan fingerprint density at radius 3 is 2.63 bits per heavy atom. The molecule has 3 nitrogen and oxygen atoms in total. The minimum absolute atomic E-state index is 0.0526. The van der Waals surface area contributed by atoms with Gasteiger partial charge in [0.1, 0.15) is 0 Å². The molecule has 2 aromatic rings. The smallest absolute Gasteiger partial charge is 0.157 e. The number of aromatic hydroxyl groups is 2. The van der Waals surface area contributed by atoms with Crippen LogP contribution >= 0.6 is 0 Å². The topological polar surface area (TPSA) is 43.7 Å². The molecule has 1 heterocycles. The van der Waals surface area contributed by atoms with Crippen molar-refractivity contribution in [3.63, 3.8) is 0 Å². The van der Waals surface area contributed by atoms with Gasteiger partial charge in [-0.2, -0.15) is 0 Å². The highest BCUT2D eigenvalue weighted by molar-refractivity contribution is 5.46. The summed E-state index contributed by atoms with van der Waals surface area (Å²) in [7, 11) is 2.10. The van der Waals surface area contributed by atoms with Crippen LogP contribution in [0.5, 0.6) is 11.5 Å². The molecular formula is C16H17NO2. The van der Waals surface area contributed by atoms with E-state index < -0.39 is 0 Å². The van der Waals surface area contributed by atoms with E-state index in [1.54, 1.807) is 12.1 Å². The van der Waals surface area contributed by atoms with Crippen molar-refractivity contribution in [2.75, 3.05) is 13.6 Å². The second-order valence-corrected chi connectivity index (χ2v) is 5.20. The summed E-state index contributed by atoms with van der Waals surface area (Å²) in [6.45, 7) is 1.87. The zero-order chi connectivity index (χ0) is 13.4. The molecule has 2 aromatic carbocycles. The first-order valence-electron chi connectivity index (χ1n) is 6.43. The Labute approximate surface area is 112 Å². The second kappa shape index (κ2) is 4.59. The summed E-state index contributed by atoms with van der Waals surface area (Å²) in [5.41, 5.74) is 3.67. The molecule has 0 saturated carbocycles. The summed E-state index contributed by atoms with van der Waals surface area (Å²) >= 11 is 0. The van der Waals surface area contributed by atoms with Crippen LogP contribution in [0.25, 0.3) is 0 Å². The van der Waals surface area contributed by atoms with Gasteiger partial charge in [0.05, 0.1) is 0 Å². The Morgan fingerprint density at radius 2 is 1.84 bits per heavy atom. The average molecular weight is 255 g/mol. The summed E-state index contributed by atoms with van der Waals surface area (Å²) in [6.07, 6.45) is 0. The van der Waals surface area contributed by atoms with Gasteiger partial charge < -0.3 is 15.1 Å². The number of nitrogens with zero attached hydrogens (tertiary/aromatic N) is 1. The van der Waals surface area contributed by atoms with Crippen molar-refractivity contribution in [3.8, 4) is 11.5 Å². The largest absolute Gasteiger partial charge is 0.504 e. The quantitative estimate of drug-likeness (QED) is 0.770. The van der Waals surface area contributed by atoms with E-state index in [2.05, 4.69) is 36.2 Å². The molecule has 2 N–H and O–H groups in total. The second-order valence-electron chi connectivity index (χ2n) is 5.20. The van der Waals surface area contributed by atoms with Crippen molar-refractivity contribution in [2.45, 2.75) is 12.5 Å². The molecule has 1 aliphatic heterocycles. The molecule has 3 heteroatoms. The van der Waals surface area contributed by atoms with Crippen LogP contribution in [0.4, 0.5) is 0 Å². The first-order valence-corrected chi connectivity index (χ1v) is 6.43. The number of hydrogen-bond donors (Lipinski definition) is 2. The van der Waals surface area contributed by atoms with Crippen LogP contribution in [-0.4, -0.2) is 28.7 Å². The Morgan fingerprint density at radius 1 is 1.05 bits per heavy atom. The summed E-state index contributed by atoms with van der Waals surface area (Å²) in [5.74, 6) is 0.117. The Bertz CT molecular complexity index is 609. The number of hydrogen-bond acceptors (Lipinski definition) is 3. The Balaban J connectivity index is 2.07. The average Bonchev–Trinajstić information content (AvgIpc) is 2.41. The fourth-order valence-electron chi connectivity index (χ4n) is 2.83. The van der Waals surface area contributed by atoms with Crippen LogP contribution in [0.2, 0.25) is 0 Å². The molecule has 3 rings (SSSR count). The Hall–Kier alpha value is -2.00. The molecule has 0 spiro atoms. The van der Waals surface area contributed by atoms with Gasteiger partial charge in [0, 0.05) is 19.0 Å². The van der Waals surface area contributed by atoms with Crippen LogP contribution in [0.1, 0.15) is 22.6 Å². The molecule has 0 bridgehead atoms. The highest BCUT2D eigenvalue weighted by Gasteiger charge is 2.24. The molecule has 0 aromatic heterocycles. The van der Waals surface area contributed by atoms with Crippen LogP contribution in [0.3, 0.4) is 0 Å². The van der Waals surface area contributed by atoms with Gasteiger partial charge in [0.2, 0.25) is 0 Å². The summed E-state index contributed by atoms with van der Waals surface area (Å²) < 4.78 is 0. The normalized spacial score (nSPS) is 19.1. The summed E-state index contributed by atoms with van der Waals surface area (Å²) in [5, 5.41) is 19.1. The van der Waals surface area contributed by atoms with Gasteiger partial charge in [-0.15, -0.1) is 0 Å². The lowest BCUT2D eigenvalue weighted by atomic mass is 9.85. The predicted molar refractivity (Wildman–Crippen MR) is 74.4 cm³/mol. The number of fused-ring (bicyclic) bond motifs is 1. The first-order chi connectivity index (χ1) is 9.15. The van der Waals surface area contributed by atoms with Crippen molar-refractivity contribution in [1.29, 1.82) is 0 Å². The molecule has 1 aliphatic rings. The van der Waals surface area contributed by atoms with E-state index in [9.17, 15) is 10.2 Å². The van der Waals surface area contributed by atoms with Crippen LogP contribution < -0.4 is 0 Å². The van der Waals surface area contributed by atoms with Crippen molar-refractivity contribution >= 4 is 0 Å². The van der Waals surface area contributed by atoms with Crippen LogP contribution in [0.15, 0.2) is 42.5 Å². The molecule has 1 atom stereocenters. The van der Waals surface area contributed by atoms with Crippen molar-refractivity contribution in [2.24, 2.45) is 0 Å². The molecule has 98 valence electrons. The van der Waals surface area contributed by atoms with Gasteiger partial charge in [-0.1, -0.05) is 30.3 Å². The third-order valence-electron chi connectivity index (χ3n) is 3.77. The molecule has 19 heavy (non-hydrogen) atoms. The fraction of sp³-hybridized carbons (Fsp3) is 0.250. The lowest BCUT2D eigenvalue weighted by molar-refractivity contribution is 0.294. The molecule has 0 radical (unpaired) electrons. The maximum absolute atomic E-state index is 9.68. The fourth-order valence-corrected chi connectivity index (χ4v) is 2.83. The van der Waals surface area contributed by atoms with E-state index in [0.29, 0.717) is 0 Å². The van der Waals surface area contributed by atoms with Gasteiger partial charge in [0.15, 0.2) is 11.5 Å². The molecule has 0 saturated heterocycles. The van der Waals surface area contributed by atoms with Crippen molar-refractivity contribution in [3.05, 3.63) is 59.2 Å². The number of phenolic OH excluding ortho intramolecular Hbond substituents is 2. The maximum Gasteiger partial charge on any atom is 0.157 e. The van der Waals surface area contributed by atoms with Gasteiger partial charge in [0.25, 0.3) is 0 Å². The number of benzene rings is 2. The Kier molecular flexibility index (Phi) is 2.91. The zero-order valence-electron chi connectivity index (χ0n) is 10.9. The molecule has 0 amide bonds. The van der Waals surface area contributed by atoms with Crippen LogP contribution in [-0.2, 0) is 6.54 Å². The van der Waals surface area contributed by atoms with E-state index in [1.807, 2.05) is 6.07 Å². The summed E-state index contributed by atoms with van der Waals surface area (Å²) in [6, 6.07) is 13.5. The van der Waals surface area contributed by atoms with Gasteiger partial charge in [-0.05, 0) is 35.9 Å². The zero-order valence-corrected chi connectivity index (χ0v) is 10.9. The van der Waals surface area contributed by atoms with Crippen molar-refractivity contribution < 1.29 is 10.2 Å². The standard InChI is InChI=1S/C16H17NO2/c1-17-9-12-4-2-3-5-13(12)14(10-17)11-6-7-15(18)16(19)8-11/h2-8,14,18-19H,9-10H2,1H3. The van der Waals surface area contributed by atoms with Crippen LogP contribution in [0, 0.1) is 0 Å². The maximum atomic E-state index is 9.68. The van der Waals surface area contributed by atoms with E-state index >= 15 is 0 Å². The number of rotatable bonds is 1. The van der Waals surface area contributed by atoms with E-state index in [1.165, 1.54) is 11.1 Å². The highest BCUT2D eigenvalue weighted by atomic mass is 16.3. The minimum Gasteiger partial charge on any atom is -0.504 e. The van der Waals surface area contributed by atoms with E-state index in [4.69, 9.17) is 0 Å². The monoisotopic (exact) mass is 255 g/mol. The number of likely N-dealkylation sites (N-methyl/N-ethyl adjacent to an activating group) is 1. The lowest BCUT2D eigenvalue weighted by Gasteiger charge is -2.32. The third kappa shape index (κ3) is 2.17. The third-order valence-corrected chi connectivity index (χ3v) is 3.77. The molecule has 0 aliphatic carbocycles. The highest BCUT2D eigenvalue weighted by Crippen LogP contribution is 2.36. The number of phenols is 2. The predicted octanol–water partition coefficient (Wildman–Crippen LogP) is 2.68. The van der Waals surface area contributed by atoms with E-state index in [-0.39, 0.29) is 17.4 Å². The minimum atomic E-state index is -0.0683. The SMILES string of the molecule is CN1Cc2ccccc2C(c2ccc(O)c(O)c2)C1. The van der Waals surface area contributed by atoms with E-state index in [0.717, 1.165) is 18.7 Å². The molecular weight excluding hydrogens is 238 g/mol. The molecule has 0 fully saturated rings. The van der Waals surface area contributed by atoms with Crippen molar-refractivity contribution in [1.82, 2.24) is 4.90 Å². The molecule has 1 unspecified atom stereocenters.